The van der Waals surface area contributed by atoms with Gasteiger partial charge in [-0.05, 0) is 56.1 Å². The number of benzene rings is 5. The van der Waals surface area contributed by atoms with E-state index < -0.39 is 0 Å². The van der Waals surface area contributed by atoms with Crippen LogP contribution in [0, 0.1) is 0 Å². The molecule has 2 nitrogen and oxygen atoms in total. The van der Waals surface area contributed by atoms with Crippen LogP contribution >= 0.6 is 0 Å². The maximum atomic E-state index is 5.81. The maximum Gasteiger partial charge on any atom is 0.127 e. The van der Waals surface area contributed by atoms with Gasteiger partial charge in [0, 0.05) is 16.7 Å². The van der Waals surface area contributed by atoms with E-state index in [1.54, 1.807) is 14.2 Å². The lowest BCUT2D eigenvalue weighted by atomic mass is 9.94. The molecular formula is C28H20O2. The Morgan fingerprint density at radius 2 is 1.23 bits per heavy atom. The quantitative estimate of drug-likeness (QED) is 0.373. The van der Waals surface area contributed by atoms with Crippen molar-refractivity contribution in [3.8, 4) is 22.6 Å². The Kier molecular flexibility index (Phi) is 3.63. The molecule has 5 aromatic carbocycles. The van der Waals surface area contributed by atoms with E-state index in [-0.39, 0.29) is 0 Å². The van der Waals surface area contributed by atoms with Gasteiger partial charge in [-0.1, -0.05) is 66.7 Å². The smallest absolute Gasteiger partial charge is 0.127 e. The molecule has 0 saturated heterocycles. The van der Waals surface area contributed by atoms with Crippen molar-refractivity contribution in [3.63, 3.8) is 0 Å². The van der Waals surface area contributed by atoms with Crippen molar-refractivity contribution in [3.05, 3.63) is 101 Å². The minimum absolute atomic E-state index is 0.876. The van der Waals surface area contributed by atoms with Crippen LogP contribution in [-0.2, 0) is 0 Å². The molecule has 1 aliphatic carbocycles. The van der Waals surface area contributed by atoms with Crippen LogP contribution in [0.5, 0.6) is 11.5 Å². The molecule has 0 unspecified atom stereocenters. The normalized spacial score (nSPS) is 12.3. The summed E-state index contributed by atoms with van der Waals surface area (Å²) in [6.45, 7) is 0. The van der Waals surface area contributed by atoms with Gasteiger partial charge in [0.2, 0.25) is 0 Å². The molecule has 0 saturated carbocycles. The fourth-order valence-electron chi connectivity index (χ4n) is 4.99. The van der Waals surface area contributed by atoms with Crippen LogP contribution in [-0.4, -0.2) is 14.2 Å². The maximum absolute atomic E-state index is 5.81. The van der Waals surface area contributed by atoms with Gasteiger partial charge in [0.25, 0.3) is 0 Å². The molecule has 30 heavy (non-hydrogen) atoms. The Bertz CT molecular complexity index is 1510. The molecule has 5 aromatic rings. The van der Waals surface area contributed by atoms with Gasteiger partial charge in [-0.3, -0.25) is 0 Å². The van der Waals surface area contributed by atoms with Gasteiger partial charge in [-0.2, -0.15) is 0 Å². The van der Waals surface area contributed by atoms with Crippen LogP contribution < -0.4 is 14.7 Å². The van der Waals surface area contributed by atoms with Gasteiger partial charge >= 0.3 is 0 Å². The third kappa shape index (κ3) is 2.19. The second-order valence-corrected chi connectivity index (χ2v) is 7.64. The van der Waals surface area contributed by atoms with E-state index in [9.17, 15) is 0 Å². The lowest BCUT2D eigenvalue weighted by molar-refractivity contribution is 0.413. The molecule has 0 amide bonds. The summed E-state index contributed by atoms with van der Waals surface area (Å²) in [5.41, 5.74) is 5.86. The zero-order chi connectivity index (χ0) is 20.2. The SMILES string of the molecule is COc1ccccc1C1=c2c(cc3cccc4cccc2c43)-c2c(OC)cccc21. The summed E-state index contributed by atoms with van der Waals surface area (Å²) < 4.78 is 11.6. The molecule has 0 radical (unpaired) electrons. The predicted octanol–water partition coefficient (Wildman–Crippen LogP) is 5.96. The Balaban J connectivity index is 1.91. The number of para-hydroxylation sites is 1. The summed E-state index contributed by atoms with van der Waals surface area (Å²) in [5, 5.41) is 6.33. The molecule has 0 N–H and O–H groups in total. The first kappa shape index (κ1) is 17.1. The molecule has 144 valence electrons. The fourth-order valence-corrected chi connectivity index (χ4v) is 4.99. The third-order valence-corrected chi connectivity index (χ3v) is 6.19. The van der Waals surface area contributed by atoms with E-state index in [0.29, 0.717) is 0 Å². The van der Waals surface area contributed by atoms with Crippen molar-refractivity contribution in [2.75, 3.05) is 14.2 Å². The first-order chi connectivity index (χ1) is 14.8. The van der Waals surface area contributed by atoms with E-state index >= 15 is 0 Å². The topological polar surface area (TPSA) is 18.5 Å². The monoisotopic (exact) mass is 388 g/mol. The van der Waals surface area contributed by atoms with Crippen LogP contribution in [0.2, 0.25) is 0 Å². The molecule has 0 aliphatic heterocycles. The van der Waals surface area contributed by atoms with Crippen molar-refractivity contribution in [2.45, 2.75) is 0 Å². The molecule has 1 aliphatic rings. The van der Waals surface area contributed by atoms with Crippen LogP contribution in [0.15, 0.2) is 84.9 Å². The van der Waals surface area contributed by atoms with Crippen molar-refractivity contribution in [1.29, 1.82) is 0 Å². The summed E-state index contributed by atoms with van der Waals surface area (Å²) in [5.74, 6) is 1.77. The highest BCUT2D eigenvalue weighted by atomic mass is 16.5. The Morgan fingerprint density at radius 1 is 0.567 bits per heavy atom. The van der Waals surface area contributed by atoms with Crippen LogP contribution in [0.3, 0.4) is 0 Å². The molecule has 0 aromatic heterocycles. The first-order valence-electron chi connectivity index (χ1n) is 10.1. The second kappa shape index (κ2) is 6.36. The number of fused-ring (bicyclic) bond motifs is 4. The fraction of sp³-hybridized carbons (Fsp3) is 0.0714. The number of ether oxygens (including phenoxy) is 2. The number of hydrogen-bond acceptors (Lipinski definition) is 2. The van der Waals surface area contributed by atoms with Crippen LogP contribution in [0.4, 0.5) is 0 Å². The average molecular weight is 388 g/mol. The van der Waals surface area contributed by atoms with Crippen molar-refractivity contribution in [1.82, 2.24) is 0 Å². The molecule has 2 heteroatoms. The number of hydrogen-bond donors (Lipinski definition) is 0. The minimum atomic E-state index is 0.876. The lowest BCUT2D eigenvalue weighted by Crippen LogP contribution is -2.09. The van der Waals surface area contributed by atoms with Crippen molar-refractivity contribution in [2.24, 2.45) is 0 Å². The minimum Gasteiger partial charge on any atom is -0.496 e. The van der Waals surface area contributed by atoms with Gasteiger partial charge in [-0.15, -0.1) is 0 Å². The van der Waals surface area contributed by atoms with E-state index in [2.05, 4.69) is 66.7 Å². The van der Waals surface area contributed by atoms with E-state index in [4.69, 9.17) is 9.47 Å². The molecular weight excluding hydrogens is 368 g/mol. The zero-order valence-corrected chi connectivity index (χ0v) is 16.9. The van der Waals surface area contributed by atoms with Crippen molar-refractivity contribution >= 4 is 27.1 Å². The molecule has 0 heterocycles. The van der Waals surface area contributed by atoms with Crippen molar-refractivity contribution < 1.29 is 9.47 Å². The first-order valence-corrected chi connectivity index (χ1v) is 10.1. The summed E-state index contributed by atoms with van der Waals surface area (Å²) in [6, 6.07) is 30.0. The van der Waals surface area contributed by atoms with Gasteiger partial charge in [-0.25, -0.2) is 0 Å². The number of methoxy groups -OCH3 is 2. The molecule has 0 atom stereocenters. The Morgan fingerprint density at radius 3 is 2.07 bits per heavy atom. The molecule has 0 fully saturated rings. The summed E-state index contributed by atoms with van der Waals surface area (Å²) >= 11 is 0. The zero-order valence-electron chi connectivity index (χ0n) is 16.9. The third-order valence-electron chi connectivity index (χ3n) is 6.19. The van der Waals surface area contributed by atoms with E-state index in [1.165, 1.54) is 43.5 Å². The standard InChI is InChI=1S/C28H20O2/c1-29-23-14-4-3-11-19(23)27-21-13-7-15-24(30-2)26(21)22-16-18-10-5-8-17-9-6-12-20(25(17)18)28(22)27/h3-16H,1-2H3. The Labute approximate surface area is 175 Å². The van der Waals surface area contributed by atoms with E-state index in [1.807, 2.05) is 18.2 Å². The summed E-state index contributed by atoms with van der Waals surface area (Å²) in [7, 11) is 3.48. The highest BCUT2D eigenvalue weighted by Gasteiger charge is 2.27. The number of rotatable bonds is 3. The van der Waals surface area contributed by atoms with Gasteiger partial charge in [0.1, 0.15) is 11.5 Å². The highest BCUT2D eigenvalue weighted by molar-refractivity contribution is 6.16. The van der Waals surface area contributed by atoms with Gasteiger partial charge in [0.05, 0.1) is 14.2 Å². The summed E-state index contributed by atoms with van der Waals surface area (Å²) in [6.07, 6.45) is 0. The second-order valence-electron chi connectivity index (χ2n) is 7.64. The van der Waals surface area contributed by atoms with Gasteiger partial charge in [0.15, 0.2) is 0 Å². The molecule has 0 spiro atoms. The van der Waals surface area contributed by atoms with E-state index in [0.717, 1.165) is 22.6 Å². The average Bonchev–Trinajstić information content (AvgIpc) is 3.14. The predicted molar refractivity (Wildman–Crippen MR) is 123 cm³/mol. The Hall–Kier alpha value is -3.78. The molecule has 0 bridgehead atoms. The molecule has 6 rings (SSSR count). The lowest BCUT2D eigenvalue weighted by Gasteiger charge is -2.13. The van der Waals surface area contributed by atoms with Crippen LogP contribution in [0.1, 0.15) is 11.1 Å². The highest BCUT2D eigenvalue weighted by Crippen LogP contribution is 2.45. The van der Waals surface area contributed by atoms with Gasteiger partial charge < -0.3 is 9.47 Å². The largest absolute Gasteiger partial charge is 0.496 e. The summed E-state index contributed by atoms with van der Waals surface area (Å²) in [4.78, 5) is 0. The van der Waals surface area contributed by atoms with Crippen LogP contribution in [0.25, 0.3) is 38.2 Å².